The lowest BCUT2D eigenvalue weighted by atomic mass is 10.1. The number of nitrogens with zero attached hydrogens (tertiary/aromatic N) is 2. The van der Waals surface area contributed by atoms with Crippen LogP contribution in [0.15, 0.2) is 33.7 Å². The number of anilines is 1. The van der Waals surface area contributed by atoms with Crippen LogP contribution in [0.3, 0.4) is 0 Å². The number of aryl methyl sites for hydroxylation is 2. The van der Waals surface area contributed by atoms with Gasteiger partial charge in [0.15, 0.2) is 0 Å². The number of benzene rings is 1. The van der Waals surface area contributed by atoms with Crippen molar-refractivity contribution in [1.29, 1.82) is 0 Å². The first-order chi connectivity index (χ1) is 12.9. The molecule has 8 heteroatoms. The second-order valence-electron chi connectivity index (χ2n) is 6.87. The summed E-state index contributed by atoms with van der Waals surface area (Å²) in [5.74, 6) is 0.369. The van der Waals surface area contributed by atoms with Crippen molar-refractivity contribution in [2.75, 3.05) is 18.4 Å². The van der Waals surface area contributed by atoms with Crippen LogP contribution in [0.2, 0.25) is 0 Å². The number of nitrogens with one attached hydrogen (secondary N) is 1. The van der Waals surface area contributed by atoms with E-state index in [-0.39, 0.29) is 17.2 Å². The summed E-state index contributed by atoms with van der Waals surface area (Å²) in [5, 5.41) is 6.61. The monoisotopic (exact) mass is 391 g/mol. The molecule has 1 aliphatic heterocycles. The topological polar surface area (TPSA) is 92.5 Å². The lowest BCUT2D eigenvalue weighted by Crippen LogP contribution is -2.32. The van der Waals surface area contributed by atoms with Crippen LogP contribution in [-0.2, 0) is 21.2 Å². The van der Waals surface area contributed by atoms with E-state index in [9.17, 15) is 13.2 Å². The van der Waals surface area contributed by atoms with Gasteiger partial charge in [0, 0.05) is 24.3 Å². The van der Waals surface area contributed by atoms with Crippen molar-refractivity contribution in [3.05, 3.63) is 41.3 Å². The molecule has 0 spiro atoms. The molecule has 7 nitrogen and oxygen atoms in total. The minimum absolute atomic E-state index is 0.129. The van der Waals surface area contributed by atoms with Gasteiger partial charge in [0.2, 0.25) is 15.9 Å². The van der Waals surface area contributed by atoms with Crippen LogP contribution in [0.1, 0.15) is 42.7 Å². The van der Waals surface area contributed by atoms with Gasteiger partial charge in [-0.25, -0.2) is 8.42 Å². The van der Waals surface area contributed by atoms with Gasteiger partial charge in [-0.1, -0.05) is 24.1 Å². The molecule has 0 aliphatic carbocycles. The molecule has 0 bridgehead atoms. The molecular weight excluding hydrogens is 366 g/mol. The number of aromatic nitrogens is 1. The molecule has 0 unspecified atom stereocenters. The van der Waals surface area contributed by atoms with Crippen molar-refractivity contribution < 1.29 is 17.7 Å². The van der Waals surface area contributed by atoms with Gasteiger partial charge in [0.05, 0.1) is 17.0 Å². The van der Waals surface area contributed by atoms with E-state index >= 15 is 0 Å². The Hall–Kier alpha value is -2.19. The van der Waals surface area contributed by atoms with Crippen LogP contribution < -0.4 is 5.32 Å². The van der Waals surface area contributed by atoms with Gasteiger partial charge < -0.3 is 9.84 Å². The molecule has 0 radical (unpaired) electrons. The number of rotatable bonds is 5. The first-order valence-corrected chi connectivity index (χ1v) is 10.6. The van der Waals surface area contributed by atoms with E-state index in [0.29, 0.717) is 30.2 Å². The molecule has 2 aromatic rings. The highest BCUT2D eigenvalue weighted by atomic mass is 32.2. The molecule has 1 fully saturated rings. The highest BCUT2D eigenvalue weighted by Crippen LogP contribution is 2.23. The fourth-order valence-electron chi connectivity index (χ4n) is 3.29. The second-order valence-corrected chi connectivity index (χ2v) is 8.81. The summed E-state index contributed by atoms with van der Waals surface area (Å²) in [6.45, 7) is 4.64. The largest absolute Gasteiger partial charge is 0.361 e. The van der Waals surface area contributed by atoms with Crippen LogP contribution in [0.5, 0.6) is 0 Å². The maximum Gasteiger partial charge on any atom is 0.243 e. The molecular formula is C19H25N3O4S. The summed E-state index contributed by atoms with van der Waals surface area (Å²) in [6, 6.07) is 6.43. The maximum absolute atomic E-state index is 12.9. The maximum atomic E-state index is 12.9. The van der Waals surface area contributed by atoms with Crippen molar-refractivity contribution in [2.45, 2.75) is 50.8 Å². The third-order valence-corrected chi connectivity index (χ3v) is 6.73. The van der Waals surface area contributed by atoms with Crippen molar-refractivity contribution in [3.63, 3.8) is 0 Å². The molecule has 1 saturated heterocycles. The van der Waals surface area contributed by atoms with Crippen LogP contribution in [0, 0.1) is 13.8 Å². The van der Waals surface area contributed by atoms with E-state index in [2.05, 4.69) is 10.5 Å². The van der Waals surface area contributed by atoms with Crippen LogP contribution in [0.25, 0.3) is 0 Å². The molecule has 3 rings (SSSR count). The second kappa shape index (κ2) is 8.22. The summed E-state index contributed by atoms with van der Waals surface area (Å²) in [7, 11) is -3.55. The van der Waals surface area contributed by atoms with Crippen LogP contribution in [0.4, 0.5) is 5.69 Å². The fraction of sp³-hybridized carbons (Fsp3) is 0.474. The average molecular weight is 391 g/mol. The quantitative estimate of drug-likeness (QED) is 0.846. The first kappa shape index (κ1) is 19.6. The standard InChI is InChI=1S/C19H25N3O4S/c1-14-18(15(2)26-21-14)13-19(23)20-16-8-7-9-17(12-16)27(24,25)22-10-5-3-4-6-11-22/h7-9,12H,3-6,10-11,13H2,1-2H3,(H,20,23). The first-order valence-electron chi connectivity index (χ1n) is 9.20. The van der Waals surface area contributed by atoms with E-state index in [1.165, 1.54) is 6.07 Å². The number of carbonyl (C=O) groups is 1. The Balaban J connectivity index is 1.74. The number of hydrogen-bond donors (Lipinski definition) is 1. The average Bonchev–Trinajstić information content (AvgIpc) is 2.86. The number of carbonyl (C=O) groups excluding carboxylic acids is 1. The minimum atomic E-state index is -3.55. The van der Waals surface area contributed by atoms with Gasteiger partial charge in [-0.2, -0.15) is 4.31 Å². The van der Waals surface area contributed by atoms with E-state index < -0.39 is 10.0 Å². The van der Waals surface area contributed by atoms with Gasteiger partial charge in [0.1, 0.15) is 5.76 Å². The zero-order chi connectivity index (χ0) is 19.4. The molecule has 1 aliphatic rings. The molecule has 0 saturated carbocycles. The Labute approximate surface area is 159 Å². The highest BCUT2D eigenvalue weighted by molar-refractivity contribution is 7.89. The summed E-state index contributed by atoms with van der Waals surface area (Å²) in [6.07, 6.45) is 4.01. The summed E-state index contributed by atoms with van der Waals surface area (Å²) >= 11 is 0. The molecule has 1 aromatic carbocycles. The van der Waals surface area contributed by atoms with Gasteiger partial charge >= 0.3 is 0 Å². The van der Waals surface area contributed by atoms with Gasteiger partial charge in [0.25, 0.3) is 0 Å². The van der Waals surface area contributed by atoms with Crippen LogP contribution in [-0.4, -0.2) is 36.9 Å². The van der Waals surface area contributed by atoms with Crippen molar-refractivity contribution >= 4 is 21.6 Å². The third-order valence-electron chi connectivity index (χ3n) is 4.84. The molecule has 146 valence electrons. The van der Waals surface area contributed by atoms with Crippen LogP contribution >= 0.6 is 0 Å². The molecule has 1 amide bonds. The van der Waals surface area contributed by atoms with Gasteiger partial charge in [-0.15, -0.1) is 0 Å². The van der Waals surface area contributed by atoms with E-state index in [4.69, 9.17) is 4.52 Å². The lowest BCUT2D eigenvalue weighted by Gasteiger charge is -2.20. The van der Waals surface area contributed by atoms with Gasteiger partial charge in [-0.3, -0.25) is 4.79 Å². The molecule has 27 heavy (non-hydrogen) atoms. The Bertz CT molecular complexity index is 893. The normalized spacial score (nSPS) is 16.1. The minimum Gasteiger partial charge on any atom is -0.361 e. The van der Waals surface area contributed by atoms with E-state index in [1.807, 2.05) is 0 Å². The number of hydrogen-bond acceptors (Lipinski definition) is 5. The van der Waals surface area contributed by atoms with Gasteiger partial charge in [-0.05, 0) is 44.9 Å². The predicted octanol–water partition coefficient (Wildman–Crippen LogP) is 3.04. The Kier molecular flexibility index (Phi) is 5.96. The highest BCUT2D eigenvalue weighted by Gasteiger charge is 2.25. The Morgan fingerprint density at radius 3 is 2.52 bits per heavy atom. The Morgan fingerprint density at radius 2 is 1.89 bits per heavy atom. The van der Waals surface area contributed by atoms with Crippen molar-refractivity contribution in [2.24, 2.45) is 0 Å². The molecule has 1 aromatic heterocycles. The third kappa shape index (κ3) is 4.56. The summed E-state index contributed by atoms with van der Waals surface area (Å²) < 4.78 is 32.5. The van der Waals surface area contributed by atoms with Crippen molar-refractivity contribution in [1.82, 2.24) is 9.46 Å². The zero-order valence-electron chi connectivity index (χ0n) is 15.7. The zero-order valence-corrected chi connectivity index (χ0v) is 16.5. The van der Waals surface area contributed by atoms with E-state index in [0.717, 1.165) is 31.2 Å². The molecule has 2 heterocycles. The van der Waals surface area contributed by atoms with Crippen molar-refractivity contribution in [3.8, 4) is 0 Å². The van der Waals surface area contributed by atoms with E-state index in [1.54, 1.807) is 36.4 Å². The fourth-order valence-corrected chi connectivity index (χ4v) is 4.85. The smallest absolute Gasteiger partial charge is 0.243 e. The molecule has 1 N–H and O–H groups in total. The summed E-state index contributed by atoms with van der Waals surface area (Å²) in [5.41, 5.74) is 1.89. The lowest BCUT2D eigenvalue weighted by molar-refractivity contribution is -0.115. The Morgan fingerprint density at radius 1 is 1.19 bits per heavy atom. The summed E-state index contributed by atoms with van der Waals surface area (Å²) in [4.78, 5) is 12.6. The molecule has 0 atom stereocenters. The number of sulfonamides is 1. The SMILES string of the molecule is Cc1noc(C)c1CC(=O)Nc1cccc(S(=O)(=O)N2CCCCCC2)c1. The number of amides is 1. The predicted molar refractivity (Wildman–Crippen MR) is 102 cm³/mol.